The van der Waals surface area contributed by atoms with Gasteiger partial charge in [0.05, 0.1) is 5.69 Å². The molecular weight excluding hydrogens is 280 g/mol. The van der Waals surface area contributed by atoms with Gasteiger partial charge >= 0.3 is 0 Å². The van der Waals surface area contributed by atoms with Crippen LogP contribution in [0.2, 0.25) is 0 Å². The molecule has 2 aromatic carbocycles. The summed E-state index contributed by atoms with van der Waals surface area (Å²) in [6, 6.07) is 12.6. The van der Waals surface area contributed by atoms with Gasteiger partial charge in [0, 0.05) is 22.3 Å². The van der Waals surface area contributed by atoms with E-state index in [1.54, 1.807) is 18.2 Å². The maximum atomic E-state index is 12.4. The number of hydrogen-bond donors (Lipinski definition) is 3. The topological polar surface area (TPSA) is 100 Å². The lowest BCUT2D eigenvalue weighted by Gasteiger charge is -2.07. The molecule has 0 aliphatic carbocycles. The van der Waals surface area contributed by atoms with Gasteiger partial charge in [-0.05, 0) is 28.9 Å². The van der Waals surface area contributed by atoms with Crippen molar-refractivity contribution < 1.29 is 4.79 Å². The average molecular weight is 292 g/mol. The van der Waals surface area contributed by atoms with Crippen LogP contribution in [0.1, 0.15) is 17.2 Å². The Hall–Kier alpha value is -3.15. The third-order valence-corrected chi connectivity index (χ3v) is 4.00. The lowest BCUT2D eigenvalue weighted by molar-refractivity contribution is -0.116. The molecule has 6 heteroatoms. The Bertz CT molecular complexity index is 929. The van der Waals surface area contributed by atoms with Crippen LogP contribution in [0.5, 0.6) is 0 Å². The molecule has 0 fully saturated rings. The Morgan fingerprint density at radius 1 is 1.14 bits per heavy atom. The summed E-state index contributed by atoms with van der Waals surface area (Å²) in [5.41, 5.74) is 9.35. The molecule has 1 amide bonds. The molecular formula is C16H12N4O2. The molecule has 0 spiro atoms. The second-order valence-corrected chi connectivity index (χ2v) is 5.29. The Kier molecular flexibility index (Phi) is 2.53. The Balaban J connectivity index is 1.96. The van der Waals surface area contributed by atoms with Crippen LogP contribution in [0.3, 0.4) is 0 Å². The zero-order chi connectivity index (χ0) is 15.3. The number of nitrogens with zero attached hydrogens (tertiary/aromatic N) is 1. The summed E-state index contributed by atoms with van der Waals surface area (Å²) in [7, 11) is 0. The van der Waals surface area contributed by atoms with Gasteiger partial charge in [-0.25, -0.2) is 0 Å². The second-order valence-electron chi connectivity index (χ2n) is 5.29. The Morgan fingerprint density at radius 3 is 2.77 bits per heavy atom. The fraction of sp³-hybridized carbons (Fsp3) is 0.0625. The molecule has 108 valence electrons. The smallest absolute Gasteiger partial charge is 0.238 e. The summed E-state index contributed by atoms with van der Waals surface area (Å²) in [4.78, 5) is 26.8. The SMILES string of the molecule is Nc1ccc2c(c1)NC(=O)C2c1[nH]c2ccccc2c1N=O. The van der Waals surface area contributed by atoms with Crippen molar-refractivity contribution >= 4 is 33.9 Å². The first kappa shape index (κ1) is 12.6. The number of carbonyl (C=O) groups is 1. The zero-order valence-electron chi connectivity index (χ0n) is 11.5. The first-order valence-electron chi connectivity index (χ1n) is 6.83. The van der Waals surface area contributed by atoms with E-state index in [2.05, 4.69) is 15.5 Å². The summed E-state index contributed by atoms with van der Waals surface area (Å²) < 4.78 is 0. The van der Waals surface area contributed by atoms with E-state index in [1.165, 1.54) is 0 Å². The molecule has 6 nitrogen and oxygen atoms in total. The van der Waals surface area contributed by atoms with Crippen LogP contribution in [0.4, 0.5) is 17.1 Å². The van der Waals surface area contributed by atoms with E-state index in [0.717, 1.165) is 11.1 Å². The normalized spacial score (nSPS) is 16.5. The number of aromatic nitrogens is 1. The molecule has 0 saturated heterocycles. The quantitative estimate of drug-likeness (QED) is 0.499. The number of nitrogens with one attached hydrogen (secondary N) is 2. The van der Waals surface area contributed by atoms with Crippen LogP contribution in [0.15, 0.2) is 47.6 Å². The van der Waals surface area contributed by atoms with Gasteiger partial charge < -0.3 is 16.0 Å². The molecule has 0 radical (unpaired) electrons. The fourth-order valence-corrected chi connectivity index (χ4v) is 3.02. The lowest BCUT2D eigenvalue weighted by atomic mass is 9.96. The number of aromatic amines is 1. The third-order valence-electron chi connectivity index (χ3n) is 4.00. The van der Waals surface area contributed by atoms with Gasteiger partial charge in [-0.15, -0.1) is 4.91 Å². The molecule has 0 saturated carbocycles. The van der Waals surface area contributed by atoms with Crippen molar-refractivity contribution in [3.05, 3.63) is 58.6 Å². The highest BCUT2D eigenvalue weighted by atomic mass is 16.3. The van der Waals surface area contributed by atoms with Crippen LogP contribution in [-0.2, 0) is 4.79 Å². The number of nitrogen functional groups attached to an aromatic ring is 1. The number of anilines is 2. The first-order valence-corrected chi connectivity index (χ1v) is 6.83. The van der Waals surface area contributed by atoms with Crippen molar-refractivity contribution in [2.24, 2.45) is 5.18 Å². The largest absolute Gasteiger partial charge is 0.399 e. The molecule has 4 N–H and O–H groups in total. The summed E-state index contributed by atoms with van der Waals surface area (Å²) >= 11 is 0. The number of nitroso groups, excluding NO2 is 1. The highest BCUT2D eigenvalue weighted by Gasteiger charge is 2.35. The van der Waals surface area contributed by atoms with Gasteiger partial charge in [-0.2, -0.15) is 0 Å². The minimum atomic E-state index is -0.587. The Morgan fingerprint density at radius 2 is 1.95 bits per heavy atom. The first-order chi connectivity index (χ1) is 10.7. The van der Waals surface area contributed by atoms with Crippen molar-refractivity contribution in [1.29, 1.82) is 0 Å². The van der Waals surface area contributed by atoms with Gasteiger partial charge in [-0.3, -0.25) is 4.79 Å². The van der Waals surface area contributed by atoms with E-state index < -0.39 is 5.92 Å². The molecule has 2 heterocycles. The number of para-hydroxylation sites is 1. The average Bonchev–Trinajstić information content (AvgIpc) is 3.02. The number of H-pyrrole nitrogens is 1. The summed E-state index contributed by atoms with van der Waals surface area (Å²) in [5.74, 6) is -0.784. The predicted molar refractivity (Wildman–Crippen MR) is 85.1 cm³/mol. The molecule has 22 heavy (non-hydrogen) atoms. The van der Waals surface area contributed by atoms with E-state index in [1.807, 2.05) is 24.3 Å². The predicted octanol–water partition coefficient (Wildman–Crippen LogP) is 3.23. The maximum absolute atomic E-state index is 12.4. The number of carbonyl (C=O) groups excluding carboxylic acids is 1. The number of nitrogens with two attached hydrogens (primary N) is 1. The van der Waals surface area contributed by atoms with E-state index >= 15 is 0 Å². The van der Waals surface area contributed by atoms with Gasteiger partial charge in [0.2, 0.25) is 5.91 Å². The van der Waals surface area contributed by atoms with Gasteiger partial charge in [0.1, 0.15) is 11.6 Å². The van der Waals surface area contributed by atoms with Crippen LogP contribution in [0, 0.1) is 4.91 Å². The molecule has 1 atom stereocenters. The van der Waals surface area contributed by atoms with Crippen molar-refractivity contribution in [3.63, 3.8) is 0 Å². The number of hydrogen-bond acceptors (Lipinski definition) is 4. The van der Waals surface area contributed by atoms with E-state index in [-0.39, 0.29) is 11.6 Å². The monoisotopic (exact) mass is 292 g/mol. The molecule has 1 aliphatic heterocycles. The van der Waals surface area contributed by atoms with E-state index in [4.69, 9.17) is 5.73 Å². The van der Waals surface area contributed by atoms with Crippen molar-refractivity contribution in [2.75, 3.05) is 11.1 Å². The number of amides is 1. The van der Waals surface area contributed by atoms with E-state index in [0.29, 0.717) is 22.5 Å². The van der Waals surface area contributed by atoms with Gasteiger partial charge in [-0.1, -0.05) is 24.3 Å². The van der Waals surface area contributed by atoms with Crippen LogP contribution in [-0.4, -0.2) is 10.9 Å². The van der Waals surface area contributed by atoms with Crippen LogP contribution >= 0.6 is 0 Å². The van der Waals surface area contributed by atoms with Gasteiger partial charge in [0.15, 0.2) is 0 Å². The summed E-state index contributed by atoms with van der Waals surface area (Å²) in [6.07, 6.45) is 0. The van der Waals surface area contributed by atoms with Crippen molar-refractivity contribution in [2.45, 2.75) is 5.92 Å². The molecule has 3 aromatic rings. The molecule has 1 aromatic heterocycles. The minimum absolute atomic E-state index is 0.197. The lowest BCUT2D eigenvalue weighted by Crippen LogP contribution is -2.13. The molecule has 4 rings (SSSR count). The number of fused-ring (bicyclic) bond motifs is 2. The zero-order valence-corrected chi connectivity index (χ0v) is 11.5. The minimum Gasteiger partial charge on any atom is -0.399 e. The van der Waals surface area contributed by atoms with E-state index in [9.17, 15) is 9.70 Å². The maximum Gasteiger partial charge on any atom is 0.238 e. The van der Waals surface area contributed by atoms with Crippen molar-refractivity contribution in [3.8, 4) is 0 Å². The number of benzene rings is 2. The van der Waals surface area contributed by atoms with Crippen LogP contribution in [0.25, 0.3) is 10.9 Å². The summed E-state index contributed by atoms with van der Waals surface area (Å²) in [5, 5.41) is 6.65. The highest BCUT2D eigenvalue weighted by molar-refractivity contribution is 6.07. The number of rotatable bonds is 2. The summed E-state index contributed by atoms with van der Waals surface area (Å²) in [6.45, 7) is 0. The highest BCUT2D eigenvalue weighted by Crippen LogP contribution is 2.43. The molecule has 1 unspecified atom stereocenters. The van der Waals surface area contributed by atoms with Gasteiger partial charge in [0.25, 0.3) is 0 Å². The molecule has 0 bridgehead atoms. The third kappa shape index (κ3) is 1.64. The van der Waals surface area contributed by atoms with Crippen LogP contribution < -0.4 is 11.1 Å². The van der Waals surface area contributed by atoms with Crippen molar-refractivity contribution in [1.82, 2.24) is 4.98 Å². The second kappa shape index (κ2) is 4.42. The standard InChI is InChI=1S/C16H12N4O2/c17-8-5-6-9-12(7-8)19-16(21)13(9)15-14(20-22)10-3-1-2-4-11(10)18-15/h1-7,13,18H,17H2,(H,19,21). The fourth-order valence-electron chi connectivity index (χ4n) is 3.02. The molecule has 1 aliphatic rings. The Labute approximate surface area is 125 Å².